The van der Waals surface area contributed by atoms with Crippen molar-refractivity contribution in [2.24, 2.45) is 5.73 Å². The Morgan fingerprint density at radius 2 is 2.32 bits per heavy atom. The molecule has 4 nitrogen and oxygen atoms in total. The molecule has 0 aliphatic heterocycles. The molecule has 1 aliphatic carbocycles. The first kappa shape index (κ1) is 14.3. The zero-order valence-electron chi connectivity index (χ0n) is 11.0. The van der Waals surface area contributed by atoms with Gasteiger partial charge in [0.25, 0.3) is 5.91 Å². The van der Waals surface area contributed by atoms with Crippen molar-refractivity contribution >= 4 is 21.8 Å². The van der Waals surface area contributed by atoms with Gasteiger partial charge in [0.15, 0.2) is 6.10 Å². The number of benzene rings is 1. The lowest BCUT2D eigenvalue weighted by Crippen LogP contribution is -2.37. The van der Waals surface area contributed by atoms with E-state index in [0.717, 1.165) is 29.3 Å². The summed E-state index contributed by atoms with van der Waals surface area (Å²) in [4.78, 5) is 11.8. The van der Waals surface area contributed by atoms with Crippen LogP contribution in [0, 0.1) is 0 Å². The van der Waals surface area contributed by atoms with Crippen molar-refractivity contribution in [3.63, 3.8) is 0 Å². The molecule has 0 saturated heterocycles. The summed E-state index contributed by atoms with van der Waals surface area (Å²) in [5.74, 6) is 0.649. The highest BCUT2D eigenvalue weighted by molar-refractivity contribution is 9.10. The lowest BCUT2D eigenvalue weighted by molar-refractivity contribution is -0.127. The molecule has 1 aromatic carbocycles. The molecular weight excluding hydrogens is 308 g/mol. The van der Waals surface area contributed by atoms with Crippen molar-refractivity contribution in [3.05, 3.63) is 28.2 Å². The standard InChI is InChI=1S/C14H19BrN2O2/c1-9(14(18)17-11-2-3-11)19-12-4-5-13(15)10(8-12)6-7-16/h4-5,8-9,11H,2-3,6-7,16H2,1H3,(H,17,18). The van der Waals surface area contributed by atoms with E-state index < -0.39 is 6.10 Å². The molecule has 1 fully saturated rings. The predicted molar refractivity (Wildman–Crippen MR) is 78.2 cm³/mol. The Labute approximate surface area is 121 Å². The van der Waals surface area contributed by atoms with Crippen LogP contribution in [-0.2, 0) is 11.2 Å². The predicted octanol–water partition coefficient (Wildman–Crippen LogP) is 2.00. The summed E-state index contributed by atoms with van der Waals surface area (Å²) in [6.07, 6.45) is 2.46. The lowest BCUT2D eigenvalue weighted by atomic mass is 10.1. The van der Waals surface area contributed by atoms with E-state index in [2.05, 4.69) is 21.2 Å². The number of carbonyl (C=O) groups excluding carboxylic acids is 1. The van der Waals surface area contributed by atoms with Gasteiger partial charge >= 0.3 is 0 Å². The minimum atomic E-state index is -0.479. The second-order valence-electron chi connectivity index (χ2n) is 4.83. The minimum absolute atomic E-state index is 0.0502. The molecule has 1 aromatic rings. The van der Waals surface area contributed by atoms with E-state index in [1.54, 1.807) is 6.92 Å². The van der Waals surface area contributed by atoms with Crippen LogP contribution in [0.5, 0.6) is 5.75 Å². The Bertz CT molecular complexity index is 461. The van der Waals surface area contributed by atoms with Gasteiger partial charge in [-0.2, -0.15) is 0 Å². The van der Waals surface area contributed by atoms with Crippen LogP contribution in [0.15, 0.2) is 22.7 Å². The van der Waals surface area contributed by atoms with Gasteiger partial charge in [-0.25, -0.2) is 0 Å². The molecule has 1 unspecified atom stereocenters. The number of rotatable bonds is 6. The van der Waals surface area contributed by atoms with E-state index in [-0.39, 0.29) is 5.91 Å². The molecule has 0 spiro atoms. The van der Waals surface area contributed by atoms with Crippen molar-refractivity contribution < 1.29 is 9.53 Å². The van der Waals surface area contributed by atoms with Crippen molar-refractivity contribution in [3.8, 4) is 5.75 Å². The van der Waals surface area contributed by atoms with Crippen LogP contribution in [-0.4, -0.2) is 24.6 Å². The van der Waals surface area contributed by atoms with Crippen LogP contribution < -0.4 is 15.8 Å². The summed E-state index contributed by atoms with van der Waals surface area (Å²) < 4.78 is 6.69. The quantitative estimate of drug-likeness (QED) is 0.840. The first-order valence-electron chi connectivity index (χ1n) is 6.55. The zero-order valence-corrected chi connectivity index (χ0v) is 12.6. The van der Waals surface area contributed by atoms with Gasteiger partial charge in [0, 0.05) is 10.5 Å². The molecule has 0 aromatic heterocycles. The van der Waals surface area contributed by atoms with Gasteiger partial charge in [0.1, 0.15) is 5.75 Å². The maximum atomic E-state index is 11.8. The second-order valence-corrected chi connectivity index (χ2v) is 5.69. The maximum Gasteiger partial charge on any atom is 0.260 e. The fourth-order valence-corrected chi connectivity index (χ4v) is 2.22. The Hall–Kier alpha value is -1.07. The Kier molecular flexibility index (Phi) is 4.82. The number of hydrogen-bond acceptors (Lipinski definition) is 3. The first-order chi connectivity index (χ1) is 9.10. The third-order valence-electron chi connectivity index (χ3n) is 3.04. The van der Waals surface area contributed by atoms with E-state index in [1.165, 1.54) is 0 Å². The molecule has 1 atom stereocenters. The van der Waals surface area contributed by atoms with Gasteiger partial charge in [-0.3, -0.25) is 4.79 Å². The summed E-state index contributed by atoms with van der Waals surface area (Å²) in [5, 5.41) is 2.93. The number of halogens is 1. The Morgan fingerprint density at radius 3 is 2.95 bits per heavy atom. The monoisotopic (exact) mass is 326 g/mol. The Morgan fingerprint density at radius 1 is 1.58 bits per heavy atom. The van der Waals surface area contributed by atoms with E-state index in [9.17, 15) is 4.79 Å². The molecule has 5 heteroatoms. The molecule has 104 valence electrons. The van der Waals surface area contributed by atoms with E-state index in [4.69, 9.17) is 10.5 Å². The van der Waals surface area contributed by atoms with Crippen LogP contribution in [0.1, 0.15) is 25.3 Å². The molecule has 0 heterocycles. The van der Waals surface area contributed by atoms with E-state index in [1.807, 2.05) is 18.2 Å². The average Bonchev–Trinajstić information content (AvgIpc) is 3.17. The number of ether oxygens (including phenoxy) is 1. The number of carbonyl (C=O) groups is 1. The number of nitrogens with two attached hydrogens (primary N) is 1. The van der Waals surface area contributed by atoms with Crippen LogP contribution in [0.3, 0.4) is 0 Å². The van der Waals surface area contributed by atoms with Crippen LogP contribution in [0.25, 0.3) is 0 Å². The molecule has 0 radical (unpaired) electrons. The summed E-state index contributed by atoms with van der Waals surface area (Å²) in [6, 6.07) is 6.06. The normalized spacial score (nSPS) is 15.9. The first-order valence-corrected chi connectivity index (χ1v) is 7.35. The second kappa shape index (κ2) is 6.39. The van der Waals surface area contributed by atoms with Crippen molar-refractivity contribution in [2.45, 2.75) is 38.3 Å². The zero-order chi connectivity index (χ0) is 13.8. The molecule has 3 N–H and O–H groups in total. The third kappa shape index (κ3) is 4.21. The summed E-state index contributed by atoms with van der Waals surface area (Å²) in [5.41, 5.74) is 6.66. The molecule has 2 rings (SSSR count). The molecule has 1 saturated carbocycles. The maximum absolute atomic E-state index is 11.8. The molecule has 1 amide bonds. The molecular formula is C14H19BrN2O2. The van der Waals surface area contributed by atoms with Crippen molar-refractivity contribution in [1.29, 1.82) is 0 Å². The molecule has 1 aliphatic rings. The lowest BCUT2D eigenvalue weighted by Gasteiger charge is -2.15. The fourth-order valence-electron chi connectivity index (χ4n) is 1.78. The topological polar surface area (TPSA) is 64.3 Å². The highest BCUT2D eigenvalue weighted by Crippen LogP contribution is 2.24. The van der Waals surface area contributed by atoms with E-state index >= 15 is 0 Å². The minimum Gasteiger partial charge on any atom is -0.481 e. The van der Waals surface area contributed by atoms with Crippen molar-refractivity contribution in [2.75, 3.05) is 6.54 Å². The highest BCUT2D eigenvalue weighted by atomic mass is 79.9. The SMILES string of the molecule is CC(Oc1ccc(Br)c(CCN)c1)C(=O)NC1CC1. The highest BCUT2D eigenvalue weighted by Gasteiger charge is 2.26. The van der Waals surface area contributed by atoms with Gasteiger partial charge in [-0.15, -0.1) is 0 Å². The van der Waals surface area contributed by atoms with E-state index in [0.29, 0.717) is 18.3 Å². The van der Waals surface area contributed by atoms with Crippen LogP contribution in [0.2, 0.25) is 0 Å². The summed E-state index contributed by atoms with van der Waals surface area (Å²) in [7, 11) is 0. The number of nitrogens with one attached hydrogen (secondary N) is 1. The Balaban J connectivity index is 1.97. The van der Waals surface area contributed by atoms with Crippen LogP contribution >= 0.6 is 15.9 Å². The summed E-state index contributed by atoms with van der Waals surface area (Å²) in [6.45, 7) is 2.35. The molecule has 0 bridgehead atoms. The van der Waals surface area contributed by atoms with Crippen LogP contribution in [0.4, 0.5) is 0 Å². The van der Waals surface area contributed by atoms with Gasteiger partial charge in [-0.1, -0.05) is 15.9 Å². The number of hydrogen-bond donors (Lipinski definition) is 2. The van der Waals surface area contributed by atoms with Gasteiger partial charge in [0.05, 0.1) is 0 Å². The fraction of sp³-hybridized carbons (Fsp3) is 0.500. The summed E-state index contributed by atoms with van der Waals surface area (Å²) >= 11 is 3.48. The third-order valence-corrected chi connectivity index (χ3v) is 3.81. The van der Waals surface area contributed by atoms with Gasteiger partial charge in [-0.05, 0) is 56.5 Å². The van der Waals surface area contributed by atoms with Crippen molar-refractivity contribution in [1.82, 2.24) is 5.32 Å². The largest absolute Gasteiger partial charge is 0.481 e. The number of amides is 1. The average molecular weight is 327 g/mol. The molecule has 19 heavy (non-hydrogen) atoms. The smallest absolute Gasteiger partial charge is 0.260 e. The van der Waals surface area contributed by atoms with Gasteiger partial charge < -0.3 is 15.8 Å². The van der Waals surface area contributed by atoms with Gasteiger partial charge in [0.2, 0.25) is 0 Å².